The lowest BCUT2D eigenvalue weighted by Crippen LogP contribution is -2.24. The largest absolute Gasteiger partial charge is 0.351 e. The molecule has 0 unspecified atom stereocenters. The molecule has 1 fully saturated rings. The molecule has 1 saturated carbocycles. The standard InChI is InChI=1S/C22H24N2O2S/c25-21(14-27-20-11-8-16-2-1-3-18(16)12-20)23-13-15-4-9-19(10-5-15)24-22(26)17-6-7-17/h4-5,8-12,17H,1-3,6-7,13-14H2,(H,23,25)(H,24,26). The van der Waals surface area contributed by atoms with Gasteiger partial charge in [-0.3, -0.25) is 9.59 Å². The smallest absolute Gasteiger partial charge is 0.230 e. The van der Waals surface area contributed by atoms with Crippen LogP contribution in [0.3, 0.4) is 0 Å². The van der Waals surface area contributed by atoms with Gasteiger partial charge in [0.05, 0.1) is 5.75 Å². The number of rotatable bonds is 7. The first-order chi connectivity index (χ1) is 13.2. The monoisotopic (exact) mass is 380 g/mol. The van der Waals surface area contributed by atoms with E-state index in [4.69, 9.17) is 0 Å². The van der Waals surface area contributed by atoms with Gasteiger partial charge in [-0.15, -0.1) is 11.8 Å². The quantitative estimate of drug-likeness (QED) is 0.716. The molecule has 140 valence electrons. The summed E-state index contributed by atoms with van der Waals surface area (Å²) < 4.78 is 0. The lowest BCUT2D eigenvalue weighted by molar-refractivity contribution is -0.119. The van der Waals surface area contributed by atoms with Gasteiger partial charge < -0.3 is 10.6 Å². The SMILES string of the molecule is O=C(CSc1ccc2c(c1)CCC2)NCc1ccc(NC(=O)C2CC2)cc1. The van der Waals surface area contributed by atoms with Gasteiger partial charge in [0.2, 0.25) is 11.8 Å². The molecule has 2 aliphatic rings. The van der Waals surface area contributed by atoms with Crippen LogP contribution < -0.4 is 10.6 Å². The minimum absolute atomic E-state index is 0.0339. The van der Waals surface area contributed by atoms with E-state index in [0.29, 0.717) is 12.3 Å². The number of fused-ring (bicyclic) bond motifs is 1. The zero-order valence-electron chi connectivity index (χ0n) is 15.3. The maximum Gasteiger partial charge on any atom is 0.230 e. The maximum atomic E-state index is 12.1. The number of carbonyl (C=O) groups is 2. The highest BCUT2D eigenvalue weighted by Crippen LogP contribution is 2.30. The molecule has 0 spiro atoms. The Bertz CT molecular complexity index is 844. The molecule has 0 aliphatic heterocycles. The number of thioether (sulfide) groups is 1. The molecule has 0 aromatic heterocycles. The van der Waals surface area contributed by atoms with Crippen LogP contribution in [0.2, 0.25) is 0 Å². The Kier molecular flexibility index (Phi) is 5.48. The number of aryl methyl sites for hydroxylation is 2. The molecule has 4 rings (SSSR count). The van der Waals surface area contributed by atoms with Crippen LogP contribution in [0.5, 0.6) is 0 Å². The number of hydrogen-bond donors (Lipinski definition) is 2. The van der Waals surface area contributed by atoms with Gasteiger partial charge in [-0.05, 0) is 73.1 Å². The van der Waals surface area contributed by atoms with Crippen molar-refractivity contribution in [3.05, 3.63) is 59.2 Å². The van der Waals surface area contributed by atoms with Crippen molar-refractivity contribution in [2.45, 2.75) is 43.5 Å². The zero-order chi connectivity index (χ0) is 18.6. The second-order valence-corrected chi connectivity index (χ2v) is 8.36. The summed E-state index contributed by atoms with van der Waals surface area (Å²) in [4.78, 5) is 25.1. The van der Waals surface area contributed by atoms with E-state index in [1.165, 1.54) is 28.9 Å². The van der Waals surface area contributed by atoms with Crippen molar-refractivity contribution >= 4 is 29.3 Å². The van der Waals surface area contributed by atoms with E-state index in [1.807, 2.05) is 24.3 Å². The lowest BCUT2D eigenvalue weighted by atomic mass is 10.1. The fraction of sp³-hybridized carbons (Fsp3) is 0.364. The van der Waals surface area contributed by atoms with Crippen LogP contribution in [-0.4, -0.2) is 17.6 Å². The van der Waals surface area contributed by atoms with Gasteiger partial charge in [0, 0.05) is 23.0 Å². The Morgan fingerprint density at radius 2 is 1.78 bits per heavy atom. The second kappa shape index (κ2) is 8.17. The second-order valence-electron chi connectivity index (χ2n) is 7.31. The summed E-state index contributed by atoms with van der Waals surface area (Å²) in [7, 11) is 0. The Balaban J connectivity index is 1.21. The molecule has 2 aromatic rings. The maximum absolute atomic E-state index is 12.1. The summed E-state index contributed by atoms with van der Waals surface area (Å²) in [5.41, 5.74) is 4.74. The van der Waals surface area contributed by atoms with Crippen LogP contribution in [0.4, 0.5) is 5.69 Å². The number of amides is 2. The number of hydrogen-bond acceptors (Lipinski definition) is 3. The molecule has 0 atom stereocenters. The van der Waals surface area contributed by atoms with Crippen LogP contribution in [0, 0.1) is 5.92 Å². The normalized spacial score (nSPS) is 15.3. The molecule has 2 aliphatic carbocycles. The van der Waals surface area contributed by atoms with Crippen LogP contribution in [0.15, 0.2) is 47.4 Å². The van der Waals surface area contributed by atoms with Gasteiger partial charge in [0.1, 0.15) is 0 Å². The number of nitrogens with one attached hydrogen (secondary N) is 2. The van der Waals surface area contributed by atoms with E-state index in [2.05, 4.69) is 28.8 Å². The lowest BCUT2D eigenvalue weighted by Gasteiger charge is -2.08. The third-order valence-electron chi connectivity index (χ3n) is 5.10. The van der Waals surface area contributed by atoms with E-state index < -0.39 is 0 Å². The molecule has 0 saturated heterocycles. The topological polar surface area (TPSA) is 58.2 Å². The molecule has 2 aromatic carbocycles. The van der Waals surface area contributed by atoms with Crippen molar-refractivity contribution in [2.75, 3.05) is 11.1 Å². The highest BCUT2D eigenvalue weighted by Gasteiger charge is 2.29. The van der Waals surface area contributed by atoms with Crippen molar-refractivity contribution < 1.29 is 9.59 Å². The molecule has 5 heteroatoms. The van der Waals surface area contributed by atoms with Gasteiger partial charge in [0.25, 0.3) is 0 Å². The summed E-state index contributed by atoms with van der Waals surface area (Å²) in [5, 5.41) is 5.89. The fourth-order valence-corrected chi connectivity index (χ4v) is 4.12. The highest BCUT2D eigenvalue weighted by molar-refractivity contribution is 8.00. The molecule has 2 N–H and O–H groups in total. The average molecular weight is 381 g/mol. The summed E-state index contributed by atoms with van der Waals surface area (Å²) in [5.74, 6) is 0.771. The van der Waals surface area contributed by atoms with E-state index in [9.17, 15) is 9.59 Å². The van der Waals surface area contributed by atoms with Crippen molar-refractivity contribution in [3.8, 4) is 0 Å². The van der Waals surface area contributed by atoms with E-state index in [-0.39, 0.29) is 17.7 Å². The molecule has 0 radical (unpaired) electrons. The summed E-state index contributed by atoms with van der Waals surface area (Å²) >= 11 is 1.59. The predicted molar refractivity (Wildman–Crippen MR) is 109 cm³/mol. The van der Waals surface area contributed by atoms with Crippen molar-refractivity contribution in [1.82, 2.24) is 5.32 Å². The Morgan fingerprint density at radius 1 is 1.00 bits per heavy atom. The van der Waals surface area contributed by atoms with Gasteiger partial charge in [-0.1, -0.05) is 18.2 Å². The van der Waals surface area contributed by atoms with Crippen molar-refractivity contribution in [2.24, 2.45) is 5.92 Å². The van der Waals surface area contributed by atoms with Gasteiger partial charge >= 0.3 is 0 Å². The third-order valence-corrected chi connectivity index (χ3v) is 6.09. The Hall–Kier alpha value is -2.27. The minimum Gasteiger partial charge on any atom is -0.351 e. The van der Waals surface area contributed by atoms with Gasteiger partial charge in [0.15, 0.2) is 0 Å². The molecule has 0 bridgehead atoms. The molecule has 4 nitrogen and oxygen atoms in total. The van der Waals surface area contributed by atoms with Crippen LogP contribution >= 0.6 is 11.8 Å². The minimum atomic E-state index is 0.0339. The first-order valence-corrected chi connectivity index (χ1v) is 10.6. The van der Waals surface area contributed by atoms with E-state index >= 15 is 0 Å². The molecule has 27 heavy (non-hydrogen) atoms. The summed E-state index contributed by atoms with van der Waals surface area (Å²) in [6.07, 6.45) is 5.59. The van der Waals surface area contributed by atoms with Crippen molar-refractivity contribution in [1.29, 1.82) is 0 Å². The predicted octanol–water partition coefficient (Wildman–Crippen LogP) is 3.93. The Labute approximate surface area is 164 Å². The summed E-state index contributed by atoms with van der Waals surface area (Å²) in [6.45, 7) is 0.500. The van der Waals surface area contributed by atoms with Gasteiger partial charge in [-0.2, -0.15) is 0 Å². The average Bonchev–Trinajstić information content (AvgIpc) is 3.44. The first kappa shape index (κ1) is 18.1. The number of carbonyl (C=O) groups excluding carboxylic acids is 2. The fourth-order valence-electron chi connectivity index (χ4n) is 3.33. The van der Waals surface area contributed by atoms with E-state index in [1.54, 1.807) is 11.8 Å². The van der Waals surface area contributed by atoms with Crippen LogP contribution in [-0.2, 0) is 29.0 Å². The van der Waals surface area contributed by atoms with E-state index in [0.717, 1.165) is 30.5 Å². The Morgan fingerprint density at radius 3 is 2.56 bits per heavy atom. The van der Waals surface area contributed by atoms with Crippen LogP contribution in [0.1, 0.15) is 36.0 Å². The third kappa shape index (κ3) is 4.92. The molecule has 2 amide bonds. The van der Waals surface area contributed by atoms with Crippen molar-refractivity contribution in [3.63, 3.8) is 0 Å². The highest BCUT2D eigenvalue weighted by atomic mass is 32.2. The first-order valence-electron chi connectivity index (χ1n) is 9.58. The number of anilines is 1. The zero-order valence-corrected chi connectivity index (χ0v) is 16.1. The molecule has 0 heterocycles. The molecular formula is C22H24N2O2S. The van der Waals surface area contributed by atoms with Crippen LogP contribution in [0.25, 0.3) is 0 Å². The number of benzene rings is 2. The summed E-state index contributed by atoms with van der Waals surface area (Å²) in [6, 6.07) is 14.2. The van der Waals surface area contributed by atoms with Gasteiger partial charge in [-0.25, -0.2) is 0 Å². The molecular weight excluding hydrogens is 356 g/mol.